The van der Waals surface area contributed by atoms with Crippen LogP contribution in [-0.2, 0) is 17.3 Å². The molecule has 0 bridgehead atoms. The Hall–Kier alpha value is -2.23. The maximum Gasteiger partial charge on any atom is 0.416 e. The number of rotatable bonds is 7. The average Bonchev–Trinajstić information content (AvgIpc) is 2.60. The molecule has 0 unspecified atom stereocenters. The molecule has 28 heavy (non-hydrogen) atoms. The molecule has 0 N–H and O–H groups in total. The molecule has 0 aliphatic heterocycles. The molecule has 152 valence electrons. The standard InChI is InChI=1S/C18H15F6NO2S/c19-17(20,21)15-8-6-14(7-9-15)16(12-25(26)27,18(22,23)24)28-11-10-13-4-2-1-3-5-13/h1-9H,10-12H2/t16-/m0/s1. The number of hydrogen-bond acceptors (Lipinski definition) is 3. The molecule has 10 heteroatoms. The second-order valence-corrected chi connectivity index (χ2v) is 7.37. The van der Waals surface area contributed by atoms with E-state index in [0.717, 1.165) is 5.56 Å². The summed E-state index contributed by atoms with van der Waals surface area (Å²) >= 11 is 0.318. The number of nitrogens with zero attached hydrogens (tertiary/aromatic N) is 1. The summed E-state index contributed by atoms with van der Waals surface area (Å²) in [5, 5.41) is 11.0. The van der Waals surface area contributed by atoms with Crippen LogP contribution in [0.25, 0.3) is 0 Å². The second-order valence-electron chi connectivity index (χ2n) is 5.97. The molecule has 0 aliphatic carbocycles. The van der Waals surface area contributed by atoms with Crippen molar-refractivity contribution in [2.45, 2.75) is 23.5 Å². The summed E-state index contributed by atoms with van der Waals surface area (Å²) in [6.07, 6.45) is -9.54. The molecule has 0 fully saturated rings. The van der Waals surface area contributed by atoms with Crippen LogP contribution in [0.4, 0.5) is 26.3 Å². The average molecular weight is 423 g/mol. The topological polar surface area (TPSA) is 43.1 Å². The van der Waals surface area contributed by atoms with E-state index < -0.39 is 39.7 Å². The predicted octanol–water partition coefficient (Wildman–Crippen LogP) is 5.72. The van der Waals surface area contributed by atoms with Gasteiger partial charge < -0.3 is 0 Å². The molecule has 0 heterocycles. The van der Waals surface area contributed by atoms with Gasteiger partial charge >= 0.3 is 12.4 Å². The highest BCUT2D eigenvalue weighted by Gasteiger charge is 2.60. The van der Waals surface area contributed by atoms with Crippen LogP contribution in [0.1, 0.15) is 16.7 Å². The van der Waals surface area contributed by atoms with Crippen molar-refractivity contribution in [1.82, 2.24) is 0 Å². The van der Waals surface area contributed by atoms with E-state index in [2.05, 4.69) is 0 Å². The number of aryl methyl sites for hydroxylation is 1. The van der Waals surface area contributed by atoms with Crippen LogP contribution in [-0.4, -0.2) is 23.4 Å². The van der Waals surface area contributed by atoms with Crippen molar-refractivity contribution < 1.29 is 31.3 Å². The Balaban J connectivity index is 2.38. The summed E-state index contributed by atoms with van der Waals surface area (Å²) < 4.78 is 77.0. The van der Waals surface area contributed by atoms with E-state index in [-0.39, 0.29) is 12.2 Å². The Bertz CT molecular complexity index is 792. The first-order chi connectivity index (χ1) is 13.0. The van der Waals surface area contributed by atoms with E-state index in [4.69, 9.17) is 0 Å². The third-order valence-corrected chi connectivity index (χ3v) is 5.57. The second kappa shape index (κ2) is 8.42. The normalized spacial score (nSPS) is 14.5. The van der Waals surface area contributed by atoms with Crippen molar-refractivity contribution in [1.29, 1.82) is 0 Å². The minimum Gasteiger partial charge on any atom is -0.264 e. The fourth-order valence-corrected chi connectivity index (χ4v) is 4.00. The van der Waals surface area contributed by atoms with Crippen molar-refractivity contribution in [3.8, 4) is 0 Å². The van der Waals surface area contributed by atoms with E-state index in [0.29, 0.717) is 36.0 Å². The molecule has 0 spiro atoms. The zero-order valence-electron chi connectivity index (χ0n) is 14.3. The van der Waals surface area contributed by atoms with Crippen LogP contribution in [0.2, 0.25) is 0 Å². The summed E-state index contributed by atoms with van der Waals surface area (Å²) in [5.74, 6) is -0.0988. The van der Waals surface area contributed by atoms with Gasteiger partial charge in [0.2, 0.25) is 11.3 Å². The molecule has 0 aliphatic rings. The molecule has 0 saturated carbocycles. The molecular weight excluding hydrogens is 408 g/mol. The van der Waals surface area contributed by atoms with E-state index >= 15 is 0 Å². The highest BCUT2D eigenvalue weighted by molar-refractivity contribution is 8.00. The van der Waals surface area contributed by atoms with Crippen LogP contribution in [0.5, 0.6) is 0 Å². The van der Waals surface area contributed by atoms with Crippen LogP contribution in [0.15, 0.2) is 54.6 Å². The Morgan fingerprint density at radius 1 is 0.857 bits per heavy atom. The SMILES string of the molecule is O=[N+]([O-])C[C@](SCCc1ccccc1)(c1ccc(C(F)(F)F)cc1)C(F)(F)F. The molecule has 0 radical (unpaired) electrons. The molecule has 0 saturated heterocycles. The largest absolute Gasteiger partial charge is 0.416 e. The smallest absolute Gasteiger partial charge is 0.264 e. The van der Waals surface area contributed by atoms with Crippen LogP contribution >= 0.6 is 11.8 Å². The van der Waals surface area contributed by atoms with Crippen LogP contribution in [0.3, 0.4) is 0 Å². The number of thioether (sulfide) groups is 1. The van der Waals surface area contributed by atoms with E-state index in [1.54, 1.807) is 30.3 Å². The van der Waals surface area contributed by atoms with Gasteiger partial charge in [-0.2, -0.15) is 26.3 Å². The van der Waals surface area contributed by atoms with Gasteiger partial charge in [0.15, 0.2) is 0 Å². The van der Waals surface area contributed by atoms with Gasteiger partial charge in [-0.05, 0) is 35.4 Å². The van der Waals surface area contributed by atoms with Crippen molar-refractivity contribution in [2.24, 2.45) is 0 Å². The number of benzene rings is 2. The number of halogens is 6. The maximum atomic E-state index is 13.9. The highest BCUT2D eigenvalue weighted by atomic mass is 32.2. The summed E-state index contributed by atoms with van der Waals surface area (Å²) in [7, 11) is 0. The summed E-state index contributed by atoms with van der Waals surface area (Å²) in [6, 6.07) is 10.9. The molecule has 0 aromatic heterocycles. The first-order valence-corrected chi connectivity index (χ1v) is 8.98. The van der Waals surface area contributed by atoms with Crippen molar-refractivity contribution in [3.05, 3.63) is 81.4 Å². The van der Waals surface area contributed by atoms with Crippen molar-refractivity contribution in [2.75, 3.05) is 12.3 Å². The molecular formula is C18H15F6NO2S. The molecule has 1 atom stereocenters. The van der Waals surface area contributed by atoms with Gasteiger partial charge in [-0.3, -0.25) is 10.1 Å². The molecule has 2 aromatic carbocycles. The summed E-state index contributed by atoms with van der Waals surface area (Å²) in [6.45, 7) is -1.48. The highest BCUT2D eigenvalue weighted by Crippen LogP contribution is 2.50. The fraction of sp³-hybridized carbons (Fsp3) is 0.333. The molecule has 2 aromatic rings. The quantitative estimate of drug-likeness (QED) is 0.325. The number of hydrogen-bond donors (Lipinski definition) is 0. The van der Waals surface area contributed by atoms with Gasteiger partial charge in [-0.15, -0.1) is 11.8 Å². The lowest BCUT2D eigenvalue weighted by Crippen LogP contribution is -2.45. The lowest BCUT2D eigenvalue weighted by Gasteiger charge is -2.32. The third-order valence-electron chi connectivity index (χ3n) is 4.07. The van der Waals surface area contributed by atoms with Gasteiger partial charge in [0.1, 0.15) is 0 Å². The van der Waals surface area contributed by atoms with Crippen molar-refractivity contribution >= 4 is 11.8 Å². The van der Waals surface area contributed by atoms with Crippen molar-refractivity contribution in [3.63, 3.8) is 0 Å². The molecule has 3 nitrogen and oxygen atoms in total. The van der Waals surface area contributed by atoms with E-state index in [9.17, 15) is 36.5 Å². The van der Waals surface area contributed by atoms with Gasteiger partial charge in [-0.25, -0.2) is 0 Å². The Morgan fingerprint density at radius 3 is 1.86 bits per heavy atom. The van der Waals surface area contributed by atoms with Gasteiger partial charge in [-0.1, -0.05) is 42.5 Å². The summed E-state index contributed by atoms with van der Waals surface area (Å²) in [5.41, 5.74) is -0.954. The Morgan fingerprint density at radius 2 is 1.39 bits per heavy atom. The Kier molecular flexibility index (Phi) is 6.63. The lowest BCUT2D eigenvalue weighted by molar-refractivity contribution is -0.494. The molecule has 2 rings (SSSR count). The maximum absolute atomic E-state index is 13.9. The minimum atomic E-state index is -5.04. The summed E-state index contributed by atoms with van der Waals surface area (Å²) in [4.78, 5) is 9.91. The van der Waals surface area contributed by atoms with Gasteiger partial charge in [0.05, 0.1) is 5.56 Å². The monoisotopic (exact) mass is 423 g/mol. The third kappa shape index (κ3) is 5.18. The molecule has 0 amide bonds. The first kappa shape index (κ1) is 22.1. The van der Waals surface area contributed by atoms with Gasteiger partial charge in [0, 0.05) is 4.92 Å². The van der Waals surface area contributed by atoms with Gasteiger partial charge in [0.25, 0.3) is 0 Å². The minimum absolute atomic E-state index is 0.0988. The van der Waals surface area contributed by atoms with E-state index in [1.807, 2.05) is 0 Å². The zero-order chi connectivity index (χ0) is 21.0. The van der Waals surface area contributed by atoms with Crippen LogP contribution in [0, 0.1) is 10.1 Å². The number of nitro groups is 1. The first-order valence-electron chi connectivity index (χ1n) is 8.00. The number of alkyl halides is 6. The fourth-order valence-electron chi connectivity index (χ4n) is 2.65. The lowest BCUT2D eigenvalue weighted by atomic mass is 9.96. The predicted molar refractivity (Wildman–Crippen MR) is 93.6 cm³/mol. The Labute approximate surface area is 160 Å². The van der Waals surface area contributed by atoms with E-state index in [1.165, 1.54) is 0 Å². The van der Waals surface area contributed by atoms with Crippen LogP contribution < -0.4 is 0 Å². The zero-order valence-corrected chi connectivity index (χ0v) is 15.1.